The van der Waals surface area contributed by atoms with E-state index in [9.17, 15) is 13.0 Å². The van der Waals surface area contributed by atoms with Gasteiger partial charge >= 0.3 is 0 Å². The molecule has 1 heterocycles. The Morgan fingerprint density at radius 3 is 2.32 bits per heavy atom. The van der Waals surface area contributed by atoms with E-state index in [-0.39, 0.29) is 23.0 Å². The molecule has 0 saturated carbocycles. The fourth-order valence-corrected chi connectivity index (χ4v) is 3.64. The summed E-state index contributed by atoms with van der Waals surface area (Å²) < 4.78 is 38.0. The van der Waals surface area contributed by atoms with Gasteiger partial charge in [-0.3, -0.25) is 4.55 Å². The molecule has 4 nitrogen and oxygen atoms in total. The van der Waals surface area contributed by atoms with E-state index in [0.29, 0.717) is 5.56 Å². The van der Waals surface area contributed by atoms with Crippen molar-refractivity contribution < 1.29 is 17.7 Å². The first-order valence-corrected chi connectivity index (χ1v) is 7.95. The van der Waals surface area contributed by atoms with Crippen LogP contribution < -0.4 is 0 Å². The molecule has 19 heavy (non-hydrogen) atoms. The van der Waals surface area contributed by atoms with Gasteiger partial charge in [-0.25, -0.2) is 0 Å². The monoisotopic (exact) mass is 284 g/mol. The lowest BCUT2D eigenvalue weighted by atomic mass is 9.86. The van der Waals surface area contributed by atoms with Gasteiger partial charge < -0.3 is 4.74 Å². The molecule has 0 amide bonds. The second-order valence-corrected chi connectivity index (χ2v) is 6.83. The normalized spacial score (nSPS) is 28.3. The SMILES string of the molecule is Cc1ccc(S(=O)(=O)O)c(C2CC(C)OC(C)C2)c1. The predicted octanol–water partition coefficient (Wildman–Crippen LogP) is 2.91. The fourth-order valence-electron chi connectivity index (χ4n) is 2.88. The van der Waals surface area contributed by atoms with E-state index in [4.69, 9.17) is 4.74 Å². The summed E-state index contributed by atoms with van der Waals surface area (Å²) in [6.07, 6.45) is 1.75. The van der Waals surface area contributed by atoms with Gasteiger partial charge in [0.15, 0.2) is 0 Å². The lowest BCUT2D eigenvalue weighted by molar-refractivity contribution is -0.0383. The molecule has 1 saturated heterocycles. The molecule has 0 aromatic heterocycles. The summed E-state index contributed by atoms with van der Waals surface area (Å²) in [6.45, 7) is 5.90. The maximum atomic E-state index is 11.5. The predicted molar refractivity (Wildman–Crippen MR) is 73.0 cm³/mol. The average Bonchev–Trinajstić information content (AvgIpc) is 2.25. The van der Waals surface area contributed by atoms with Gasteiger partial charge in [0.25, 0.3) is 10.1 Å². The van der Waals surface area contributed by atoms with Crippen molar-refractivity contribution in [2.75, 3.05) is 0 Å². The Bertz CT molecular complexity index is 555. The maximum absolute atomic E-state index is 11.5. The zero-order valence-electron chi connectivity index (χ0n) is 11.5. The highest BCUT2D eigenvalue weighted by Gasteiger charge is 2.29. The topological polar surface area (TPSA) is 63.6 Å². The van der Waals surface area contributed by atoms with E-state index in [1.54, 1.807) is 6.07 Å². The molecular weight excluding hydrogens is 264 g/mol. The summed E-state index contributed by atoms with van der Waals surface area (Å²) in [5.74, 6) is 0.107. The van der Waals surface area contributed by atoms with Crippen LogP contribution in [0.3, 0.4) is 0 Å². The van der Waals surface area contributed by atoms with Crippen molar-refractivity contribution >= 4 is 10.1 Å². The van der Waals surface area contributed by atoms with Crippen LogP contribution in [-0.2, 0) is 14.9 Å². The molecule has 1 N–H and O–H groups in total. The van der Waals surface area contributed by atoms with E-state index in [1.165, 1.54) is 6.07 Å². The van der Waals surface area contributed by atoms with Crippen LogP contribution in [0.15, 0.2) is 23.1 Å². The molecule has 0 bridgehead atoms. The van der Waals surface area contributed by atoms with Crippen molar-refractivity contribution in [3.63, 3.8) is 0 Å². The van der Waals surface area contributed by atoms with Crippen LogP contribution in [0, 0.1) is 6.92 Å². The summed E-state index contributed by atoms with van der Waals surface area (Å²) in [7, 11) is -4.18. The molecule has 1 aliphatic rings. The highest BCUT2D eigenvalue weighted by atomic mass is 32.2. The van der Waals surface area contributed by atoms with Gasteiger partial charge in [-0.1, -0.05) is 17.7 Å². The minimum absolute atomic E-state index is 0.0319. The summed E-state index contributed by atoms with van der Waals surface area (Å²) in [5, 5.41) is 0. The number of rotatable bonds is 2. The van der Waals surface area contributed by atoms with Gasteiger partial charge in [0.05, 0.1) is 17.1 Å². The molecule has 1 aromatic carbocycles. The first-order chi connectivity index (χ1) is 8.77. The number of benzene rings is 1. The molecule has 1 fully saturated rings. The van der Waals surface area contributed by atoms with Crippen LogP contribution in [-0.4, -0.2) is 25.2 Å². The molecule has 1 aromatic rings. The van der Waals surface area contributed by atoms with Crippen molar-refractivity contribution in [3.05, 3.63) is 29.3 Å². The van der Waals surface area contributed by atoms with E-state index in [1.807, 2.05) is 26.8 Å². The third-order valence-corrected chi connectivity index (χ3v) is 4.51. The lowest BCUT2D eigenvalue weighted by Crippen LogP contribution is -2.28. The number of hydrogen-bond acceptors (Lipinski definition) is 3. The van der Waals surface area contributed by atoms with Crippen molar-refractivity contribution in [2.24, 2.45) is 0 Å². The lowest BCUT2D eigenvalue weighted by Gasteiger charge is -2.33. The van der Waals surface area contributed by atoms with Gasteiger partial charge in [0.1, 0.15) is 0 Å². The second-order valence-electron chi connectivity index (χ2n) is 5.44. The molecule has 2 unspecified atom stereocenters. The van der Waals surface area contributed by atoms with Crippen LogP contribution in [0.25, 0.3) is 0 Å². The molecule has 0 aliphatic carbocycles. The Morgan fingerprint density at radius 1 is 1.21 bits per heavy atom. The molecule has 2 rings (SSSR count). The highest BCUT2D eigenvalue weighted by Crippen LogP contribution is 2.36. The summed E-state index contributed by atoms with van der Waals surface area (Å²) in [4.78, 5) is 0.0319. The maximum Gasteiger partial charge on any atom is 0.294 e. The summed E-state index contributed by atoms with van der Waals surface area (Å²) in [6, 6.07) is 5.06. The van der Waals surface area contributed by atoms with Crippen LogP contribution in [0.2, 0.25) is 0 Å². The fraction of sp³-hybridized carbons (Fsp3) is 0.571. The molecule has 106 valence electrons. The number of aryl methyl sites for hydroxylation is 1. The molecule has 0 radical (unpaired) electrons. The van der Waals surface area contributed by atoms with Crippen LogP contribution in [0.4, 0.5) is 0 Å². The van der Waals surface area contributed by atoms with Gasteiger partial charge in [0.2, 0.25) is 0 Å². The first kappa shape index (κ1) is 14.5. The Kier molecular flexibility index (Phi) is 3.99. The Labute approximate surface area is 114 Å². The first-order valence-electron chi connectivity index (χ1n) is 6.51. The van der Waals surface area contributed by atoms with E-state index in [0.717, 1.165) is 18.4 Å². The Hall–Kier alpha value is -0.910. The zero-order valence-corrected chi connectivity index (χ0v) is 12.3. The highest BCUT2D eigenvalue weighted by molar-refractivity contribution is 7.85. The number of hydrogen-bond donors (Lipinski definition) is 1. The van der Waals surface area contributed by atoms with Gasteiger partial charge in [-0.2, -0.15) is 8.42 Å². The third kappa shape index (κ3) is 3.35. The molecule has 5 heteroatoms. The van der Waals surface area contributed by atoms with E-state index in [2.05, 4.69) is 0 Å². The Balaban J connectivity index is 2.46. The van der Waals surface area contributed by atoms with Crippen LogP contribution in [0.1, 0.15) is 43.7 Å². The quantitative estimate of drug-likeness (QED) is 0.848. The minimum atomic E-state index is -4.18. The molecular formula is C14H20O4S. The van der Waals surface area contributed by atoms with Crippen molar-refractivity contribution in [3.8, 4) is 0 Å². The average molecular weight is 284 g/mol. The van der Waals surface area contributed by atoms with E-state index >= 15 is 0 Å². The van der Waals surface area contributed by atoms with Crippen molar-refractivity contribution in [1.29, 1.82) is 0 Å². The van der Waals surface area contributed by atoms with Crippen LogP contribution >= 0.6 is 0 Å². The van der Waals surface area contributed by atoms with Crippen molar-refractivity contribution in [2.45, 2.75) is 56.6 Å². The molecule has 0 spiro atoms. The third-order valence-electron chi connectivity index (χ3n) is 3.58. The summed E-state index contributed by atoms with van der Waals surface area (Å²) >= 11 is 0. The van der Waals surface area contributed by atoms with Gasteiger partial charge in [0, 0.05) is 0 Å². The van der Waals surface area contributed by atoms with Gasteiger partial charge in [-0.15, -0.1) is 0 Å². The standard InChI is InChI=1S/C14H20O4S/c1-9-4-5-14(19(15,16)17)13(6-9)12-7-10(2)18-11(3)8-12/h4-6,10-12H,7-8H2,1-3H3,(H,15,16,17). The summed E-state index contributed by atoms with van der Waals surface area (Å²) in [5.41, 5.74) is 1.71. The second kappa shape index (κ2) is 5.23. The largest absolute Gasteiger partial charge is 0.376 e. The zero-order chi connectivity index (χ0) is 14.2. The number of ether oxygens (including phenoxy) is 1. The molecule has 2 atom stereocenters. The minimum Gasteiger partial charge on any atom is -0.376 e. The van der Waals surface area contributed by atoms with Gasteiger partial charge in [-0.05, 0) is 51.2 Å². The van der Waals surface area contributed by atoms with Crippen molar-refractivity contribution in [1.82, 2.24) is 0 Å². The Morgan fingerprint density at radius 2 is 1.79 bits per heavy atom. The molecule has 1 aliphatic heterocycles. The van der Waals surface area contributed by atoms with Crippen LogP contribution in [0.5, 0.6) is 0 Å². The van der Waals surface area contributed by atoms with E-state index < -0.39 is 10.1 Å². The smallest absolute Gasteiger partial charge is 0.294 e.